The van der Waals surface area contributed by atoms with E-state index in [1.165, 1.54) is 0 Å². The Morgan fingerprint density at radius 1 is 0.677 bits per heavy atom. The summed E-state index contributed by atoms with van der Waals surface area (Å²) in [5.41, 5.74) is 4.65. The lowest BCUT2D eigenvalue weighted by Crippen LogP contribution is -2.31. The number of ketones is 2. The van der Waals surface area contributed by atoms with E-state index in [-0.39, 0.29) is 11.6 Å². The standard InChI is InChI=1S/C27H22ClNO2/c1-17-23(26(30)20-9-5-3-6-10-20)25(19-13-15-22(28)16-14-19)24(18(2)29-17)27(31)21-11-7-4-8-12-21/h3-16,25,29H,1-2H3. The Kier molecular flexibility index (Phi) is 5.88. The highest BCUT2D eigenvalue weighted by molar-refractivity contribution is 6.30. The fraction of sp³-hybridized carbons (Fsp3) is 0.111. The van der Waals surface area contributed by atoms with E-state index in [0.29, 0.717) is 27.3 Å². The summed E-state index contributed by atoms with van der Waals surface area (Å²) in [6, 6.07) is 25.7. The Balaban J connectivity index is 1.90. The van der Waals surface area contributed by atoms with E-state index in [1.807, 2.05) is 62.4 Å². The molecular formula is C27H22ClNO2. The van der Waals surface area contributed by atoms with Gasteiger partial charge in [0.2, 0.25) is 0 Å². The number of hydrogen-bond donors (Lipinski definition) is 1. The summed E-state index contributed by atoms with van der Waals surface area (Å²) in [5.74, 6) is -0.702. The lowest BCUT2D eigenvalue weighted by Gasteiger charge is -2.31. The number of Topliss-reactive ketones (excluding diaryl/α,β-unsaturated/α-hetero) is 2. The molecule has 0 bridgehead atoms. The zero-order valence-corrected chi connectivity index (χ0v) is 18.1. The second-order valence-electron chi connectivity index (χ2n) is 7.58. The van der Waals surface area contributed by atoms with Gasteiger partial charge in [-0.2, -0.15) is 0 Å². The van der Waals surface area contributed by atoms with E-state index in [9.17, 15) is 9.59 Å². The second-order valence-corrected chi connectivity index (χ2v) is 8.01. The van der Waals surface area contributed by atoms with Gasteiger partial charge in [-0.1, -0.05) is 84.4 Å². The lowest BCUT2D eigenvalue weighted by atomic mass is 9.75. The minimum Gasteiger partial charge on any atom is -0.362 e. The number of carbonyl (C=O) groups is 2. The van der Waals surface area contributed by atoms with E-state index >= 15 is 0 Å². The average Bonchev–Trinajstić information content (AvgIpc) is 2.79. The smallest absolute Gasteiger partial charge is 0.191 e. The number of halogens is 1. The van der Waals surface area contributed by atoms with Crippen molar-refractivity contribution in [2.45, 2.75) is 19.8 Å². The quantitative estimate of drug-likeness (QED) is 0.483. The fourth-order valence-electron chi connectivity index (χ4n) is 4.07. The minimum atomic E-state index is -0.501. The molecule has 0 spiro atoms. The molecule has 1 aliphatic rings. The summed E-state index contributed by atoms with van der Waals surface area (Å²) in [4.78, 5) is 27.2. The van der Waals surface area contributed by atoms with Crippen LogP contribution in [0.1, 0.15) is 46.0 Å². The Morgan fingerprint density at radius 2 is 1.10 bits per heavy atom. The molecule has 0 fully saturated rings. The summed E-state index contributed by atoms with van der Waals surface area (Å²) in [6.07, 6.45) is 0. The number of allylic oxidation sites excluding steroid dienone is 4. The van der Waals surface area contributed by atoms with Gasteiger partial charge < -0.3 is 5.32 Å². The molecule has 1 N–H and O–H groups in total. The molecular weight excluding hydrogens is 406 g/mol. The maximum absolute atomic E-state index is 13.6. The van der Waals surface area contributed by atoms with Crippen LogP contribution in [0.15, 0.2) is 107 Å². The van der Waals surface area contributed by atoms with Crippen molar-refractivity contribution in [3.63, 3.8) is 0 Å². The molecule has 1 heterocycles. The third kappa shape index (κ3) is 4.10. The monoisotopic (exact) mass is 427 g/mol. The summed E-state index contributed by atoms with van der Waals surface area (Å²) < 4.78 is 0. The van der Waals surface area contributed by atoms with Gasteiger partial charge in [0.05, 0.1) is 0 Å². The van der Waals surface area contributed by atoms with Gasteiger partial charge in [0.15, 0.2) is 11.6 Å². The zero-order chi connectivity index (χ0) is 22.0. The highest BCUT2D eigenvalue weighted by Gasteiger charge is 2.36. The SMILES string of the molecule is CC1=C(C(=O)c2ccccc2)C(c2ccc(Cl)cc2)C(C(=O)c2ccccc2)=C(C)N1. The number of benzene rings is 3. The van der Waals surface area contributed by atoms with E-state index < -0.39 is 5.92 Å². The third-order valence-electron chi connectivity index (χ3n) is 5.52. The number of hydrogen-bond acceptors (Lipinski definition) is 3. The summed E-state index contributed by atoms with van der Waals surface area (Å²) in [7, 11) is 0. The fourth-order valence-corrected chi connectivity index (χ4v) is 4.20. The zero-order valence-electron chi connectivity index (χ0n) is 17.4. The van der Waals surface area contributed by atoms with Crippen LogP contribution < -0.4 is 5.32 Å². The van der Waals surface area contributed by atoms with Crippen molar-refractivity contribution in [2.24, 2.45) is 0 Å². The van der Waals surface area contributed by atoms with E-state index in [4.69, 9.17) is 11.6 Å². The van der Waals surface area contributed by atoms with Gasteiger partial charge in [-0.3, -0.25) is 9.59 Å². The highest BCUT2D eigenvalue weighted by Crippen LogP contribution is 2.41. The van der Waals surface area contributed by atoms with Crippen molar-refractivity contribution in [3.8, 4) is 0 Å². The van der Waals surface area contributed by atoms with Gasteiger partial charge in [-0.15, -0.1) is 0 Å². The van der Waals surface area contributed by atoms with Gasteiger partial charge in [-0.25, -0.2) is 0 Å². The second kappa shape index (κ2) is 8.75. The topological polar surface area (TPSA) is 46.2 Å². The number of rotatable bonds is 5. The Bertz CT molecular complexity index is 1120. The molecule has 3 aromatic rings. The molecule has 0 atom stereocenters. The average molecular weight is 428 g/mol. The molecule has 4 rings (SSSR count). The van der Waals surface area contributed by atoms with Crippen molar-refractivity contribution >= 4 is 23.2 Å². The maximum atomic E-state index is 13.6. The van der Waals surface area contributed by atoms with Gasteiger partial charge >= 0.3 is 0 Å². The van der Waals surface area contributed by atoms with Crippen molar-refractivity contribution in [2.75, 3.05) is 0 Å². The molecule has 1 aliphatic heterocycles. The van der Waals surface area contributed by atoms with Crippen LogP contribution in [0.4, 0.5) is 0 Å². The maximum Gasteiger partial charge on any atom is 0.191 e. The van der Waals surface area contributed by atoms with Crippen molar-refractivity contribution < 1.29 is 9.59 Å². The number of dihydropyridines is 1. The first-order valence-corrected chi connectivity index (χ1v) is 10.5. The molecule has 0 aliphatic carbocycles. The first kappa shape index (κ1) is 20.8. The molecule has 0 saturated heterocycles. The van der Waals surface area contributed by atoms with Crippen LogP contribution in [0.25, 0.3) is 0 Å². The van der Waals surface area contributed by atoms with E-state index in [2.05, 4.69) is 5.32 Å². The molecule has 4 heteroatoms. The molecule has 0 aromatic heterocycles. The Labute approximate surface area is 187 Å². The predicted molar refractivity (Wildman–Crippen MR) is 124 cm³/mol. The molecule has 3 nitrogen and oxygen atoms in total. The minimum absolute atomic E-state index is 0.101. The van der Waals surface area contributed by atoms with Crippen molar-refractivity contribution in [3.05, 3.63) is 129 Å². The van der Waals surface area contributed by atoms with Gasteiger partial charge in [0.25, 0.3) is 0 Å². The van der Waals surface area contributed by atoms with Crippen molar-refractivity contribution in [1.82, 2.24) is 5.32 Å². The largest absolute Gasteiger partial charge is 0.362 e. The van der Waals surface area contributed by atoms with E-state index in [0.717, 1.165) is 17.0 Å². The molecule has 3 aromatic carbocycles. The third-order valence-corrected chi connectivity index (χ3v) is 5.78. The van der Waals surface area contributed by atoms with E-state index in [1.54, 1.807) is 36.4 Å². The van der Waals surface area contributed by atoms with Gasteiger partial charge in [0, 0.05) is 44.6 Å². The first-order valence-electron chi connectivity index (χ1n) is 10.1. The number of carbonyl (C=O) groups excluding carboxylic acids is 2. The van der Waals surface area contributed by atoms with Gasteiger partial charge in [-0.05, 0) is 31.5 Å². The summed E-state index contributed by atoms with van der Waals surface area (Å²) in [5, 5.41) is 3.89. The van der Waals surface area contributed by atoms with Crippen LogP contribution in [0.5, 0.6) is 0 Å². The molecule has 0 saturated carbocycles. The molecule has 0 radical (unpaired) electrons. The molecule has 31 heavy (non-hydrogen) atoms. The van der Waals surface area contributed by atoms with Crippen LogP contribution in [-0.4, -0.2) is 11.6 Å². The molecule has 154 valence electrons. The summed E-state index contributed by atoms with van der Waals surface area (Å²) >= 11 is 6.13. The lowest BCUT2D eigenvalue weighted by molar-refractivity contribution is 0.101. The normalized spacial score (nSPS) is 14.4. The van der Waals surface area contributed by atoms with Crippen LogP contribution >= 0.6 is 11.6 Å². The first-order chi connectivity index (χ1) is 15.0. The highest BCUT2D eigenvalue weighted by atomic mass is 35.5. The number of nitrogens with one attached hydrogen (secondary N) is 1. The summed E-state index contributed by atoms with van der Waals surface area (Å²) in [6.45, 7) is 3.76. The van der Waals surface area contributed by atoms with Crippen LogP contribution in [0.2, 0.25) is 5.02 Å². The Morgan fingerprint density at radius 3 is 1.52 bits per heavy atom. The van der Waals surface area contributed by atoms with Gasteiger partial charge in [0.1, 0.15) is 0 Å². The van der Waals surface area contributed by atoms with Crippen LogP contribution in [-0.2, 0) is 0 Å². The molecule has 0 unspecified atom stereocenters. The van der Waals surface area contributed by atoms with Crippen LogP contribution in [0.3, 0.4) is 0 Å². The van der Waals surface area contributed by atoms with Crippen molar-refractivity contribution in [1.29, 1.82) is 0 Å². The molecule has 0 amide bonds. The predicted octanol–water partition coefficient (Wildman–Crippen LogP) is 6.34. The Hall–Kier alpha value is -3.43. The van der Waals surface area contributed by atoms with Crippen LogP contribution in [0, 0.1) is 0 Å².